The number of carbonyl (C=O) groups is 1. The van der Waals surface area contributed by atoms with Gasteiger partial charge in [0, 0.05) is 18.1 Å². The number of carbonyl (C=O) groups excluding carboxylic acids is 1. The molecule has 1 N–H and O–H groups in total. The van der Waals surface area contributed by atoms with E-state index in [1.807, 2.05) is 0 Å². The lowest BCUT2D eigenvalue weighted by molar-refractivity contribution is -0.140. The highest BCUT2D eigenvalue weighted by atomic mass is 32.1. The minimum atomic E-state index is -0.250. The van der Waals surface area contributed by atoms with Crippen molar-refractivity contribution in [3.63, 3.8) is 0 Å². The summed E-state index contributed by atoms with van der Waals surface area (Å²) in [7, 11) is 1.36. The van der Waals surface area contributed by atoms with E-state index < -0.39 is 0 Å². The van der Waals surface area contributed by atoms with Crippen LogP contribution < -0.4 is 5.32 Å². The van der Waals surface area contributed by atoms with Crippen LogP contribution in [0.2, 0.25) is 0 Å². The molecule has 0 aliphatic rings. The third-order valence-corrected chi connectivity index (χ3v) is 1.69. The Kier molecular flexibility index (Phi) is 3.39. The quantitative estimate of drug-likeness (QED) is 0.665. The summed E-state index contributed by atoms with van der Waals surface area (Å²) < 4.78 is 7.98. The van der Waals surface area contributed by atoms with Gasteiger partial charge in [-0.05, 0) is 5.21 Å². The Labute approximate surface area is 73.1 Å². The molecule has 0 aliphatic heterocycles. The summed E-state index contributed by atoms with van der Waals surface area (Å²) in [5.41, 5.74) is 0. The van der Waals surface area contributed by atoms with E-state index in [1.165, 1.54) is 7.11 Å². The molecule has 6 nitrogen and oxygen atoms in total. The molecule has 0 saturated heterocycles. The molecule has 0 aromatic carbocycles. The minimum Gasteiger partial charge on any atom is -0.469 e. The van der Waals surface area contributed by atoms with Crippen LogP contribution in [0.4, 0.5) is 5.13 Å². The summed E-state index contributed by atoms with van der Waals surface area (Å²) in [6, 6.07) is 0. The zero-order chi connectivity index (χ0) is 8.81. The standard InChI is InChI=1S/C5H8N4O2S/c1-11-4(10)2-3-6-5-7-8-9-12-5/h2-3H2,1H3,(H,6,7,9). The average Bonchev–Trinajstić information content (AvgIpc) is 2.57. The Morgan fingerprint density at radius 2 is 2.58 bits per heavy atom. The number of rotatable bonds is 4. The van der Waals surface area contributed by atoms with Gasteiger partial charge in [0.1, 0.15) is 0 Å². The van der Waals surface area contributed by atoms with Gasteiger partial charge in [-0.3, -0.25) is 4.79 Å². The topological polar surface area (TPSA) is 77.0 Å². The van der Waals surface area contributed by atoms with Crippen molar-refractivity contribution in [3.8, 4) is 0 Å². The maximum absolute atomic E-state index is 10.6. The molecule has 0 saturated carbocycles. The van der Waals surface area contributed by atoms with Gasteiger partial charge in [0.2, 0.25) is 5.13 Å². The van der Waals surface area contributed by atoms with E-state index in [-0.39, 0.29) is 5.97 Å². The smallest absolute Gasteiger partial charge is 0.307 e. The lowest BCUT2D eigenvalue weighted by Crippen LogP contribution is -2.09. The maximum Gasteiger partial charge on any atom is 0.307 e. The zero-order valence-corrected chi connectivity index (χ0v) is 7.30. The molecule has 0 aliphatic carbocycles. The van der Waals surface area contributed by atoms with E-state index >= 15 is 0 Å². The van der Waals surface area contributed by atoms with Crippen LogP contribution in [-0.2, 0) is 9.53 Å². The largest absolute Gasteiger partial charge is 0.469 e. The summed E-state index contributed by atoms with van der Waals surface area (Å²) >= 11 is 1.15. The van der Waals surface area contributed by atoms with E-state index in [2.05, 4.69) is 24.9 Å². The summed E-state index contributed by atoms with van der Waals surface area (Å²) in [5.74, 6) is -0.250. The van der Waals surface area contributed by atoms with Crippen LogP contribution in [0.25, 0.3) is 0 Å². The predicted octanol–water partition coefficient (Wildman–Crippen LogP) is -0.0919. The monoisotopic (exact) mass is 188 g/mol. The number of esters is 1. The fourth-order valence-corrected chi connectivity index (χ4v) is 0.965. The molecule has 7 heteroatoms. The minimum absolute atomic E-state index is 0.250. The molecule has 12 heavy (non-hydrogen) atoms. The second-order valence-electron chi connectivity index (χ2n) is 1.92. The molecule has 0 fully saturated rings. The predicted molar refractivity (Wildman–Crippen MR) is 42.8 cm³/mol. The van der Waals surface area contributed by atoms with E-state index in [4.69, 9.17) is 0 Å². The SMILES string of the molecule is COC(=O)CCNc1nnns1. The zero-order valence-electron chi connectivity index (χ0n) is 6.48. The molecule has 1 rings (SSSR count). The number of ether oxygens (including phenoxy) is 1. The summed E-state index contributed by atoms with van der Waals surface area (Å²) in [6.45, 7) is 0.490. The molecule has 66 valence electrons. The third-order valence-electron chi connectivity index (χ3n) is 1.13. The highest BCUT2D eigenvalue weighted by Crippen LogP contribution is 2.03. The van der Waals surface area contributed by atoms with Gasteiger partial charge in [-0.15, -0.1) is 0 Å². The van der Waals surface area contributed by atoms with Gasteiger partial charge in [-0.2, -0.15) is 0 Å². The molecule has 1 aromatic rings. The number of nitrogens with zero attached hydrogens (tertiary/aromatic N) is 3. The first kappa shape index (κ1) is 8.85. The van der Waals surface area contributed by atoms with Gasteiger partial charge in [0.05, 0.1) is 13.5 Å². The van der Waals surface area contributed by atoms with Gasteiger partial charge >= 0.3 is 5.97 Å². The first-order chi connectivity index (χ1) is 5.83. The van der Waals surface area contributed by atoms with Crippen molar-refractivity contribution in [2.24, 2.45) is 0 Å². The van der Waals surface area contributed by atoms with E-state index in [0.29, 0.717) is 18.1 Å². The van der Waals surface area contributed by atoms with Crippen molar-refractivity contribution in [2.45, 2.75) is 6.42 Å². The lowest BCUT2D eigenvalue weighted by atomic mass is 10.4. The van der Waals surface area contributed by atoms with Crippen LogP contribution in [0.15, 0.2) is 0 Å². The summed E-state index contributed by atoms with van der Waals surface area (Å²) in [6.07, 6.45) is 0.316. The Morgan fingerprint density at radius 3 is 3.17 bits per heavy atom. The van der Waals surface area contributed by atoms with Crippen LogP contribution in [0.5, 0.6) is 0 Å². The van der Waals surface area contributed by atoms with Crippen LogP contribution >= 0.6 is 11.5 Å². The van der Waals surface area contributed by atoms with Crippen molar-refractivity contribution >= 4 is 22.6 Å². The van der Waals surface area contributed by atoms with Crippen molar-refractivity contribution < 1.29 is 9.53 Å². The number of anilines is 1. The Morgan fingerprint density at radius 1 is 1.75 bits per heavy atom. The highest BCUT2D eigenvalue weighted by molar-refractivity contribution is 7.09. The van der Waals surface area contributed by atoms with Crippen LogP contribution in [-0.4, -0.2) is 34.4 Å². The van der Waals surface area contributed by atoms with E-state index in [9.17, 15) is 4.79 Å². The number of methoxy groups -OCH3 is 1. The maximum atomic E-state index is 10.6. The number of hydrogen-bond donors (Lipinski definition) is 1. The van der Waals surface area contributed by atoms with Crippen molar-refractivity contribution in [3.05, 3.63) is 0 Å². The highest BCUT2D eigenvalue weighted by Gasteiger charge is 2.00. The van der Waals surface area contributed by atoms with Gasteiger partial charge in [0.15, 0.2) is 0 Å². The van der Waals surface area contributed by atoms with Gasteiger partial charge in [0.25, 0.3) is 0 Å². The van der Waals surface area contributed by atoms with Gasteiger partial charge < -0.3 is 10.1 Å². The number of nitrogens with one attached hydrogen (secondary N) is 1. The van der Waals surface area contributed by atoms with Crippen molar-refractivity contribution in [1.82, 2.24) is 14.8 Å². The van der Waals surface area contributed by atoms with Crippen LogP contribution in [0.3, 0.4) is 0 Å². The van der Waals surface area contributed by atoms with Gasteiger partial charge in [-0.1, -0.05) is 9.59 Å². The Bertz CT molecular complexity index is 238. The molecule has 0 atom stereocenters. The van der Waals surface area contributed by atoms with E-state index in [0.717, 1.165) is 11.5 Å². The average molecular weight is 188 g/mol. The normalized spacial score (nSPS) is 9.42. The fraction of sp³-hybridized carbons (Fsp3) is 0.600. The van der Waals surface area contributed by atoms with Crippen LogP contribution in [0.1, 0.15) is 6.42 Å². The first-order valence-electron chi connectivity index (χ1n) is 3.28. The summed E-state index contributed by atoms with van der Waals surface area (Å²) in [4.78, 5) is 10.6. The summed E-state index contributed by atoms with van der Waals surface area (Å²) in [5, 5.41) is 10.5. The molecular weight excluding hydrogens is 180 g/mol. The molecule has 0 spiro atoms. The number of hydrogen-bond acceptors (Lipinski definition) is 7. The number of aromatic nitrogens is 3. The Hall–Kier alpha value is -1.24. The molecule has 1 heterocycles. The molecule has 0 amide bonds. The fourth-order valence-electron chi connectivity index (χ4n) is 0.575. The van der Waals surface area contributed by atoms with Crippen LogP contribution in [0, 0.1) is 0 Å². The first-order valence-corrected chi connectivity index (χ1v) is 4.06. The van der Waals surface area contributed by atoms with Crippen molar-refractivity contribution in [1.29, 1.82) is 0 Å². The molecule has 0 unspecified atom stereocenters. The molecular formula is C5H8N4O2S. The molecule has 1 aromatic heterocycles. The molecule has 0 radical (unpaired) electrons. The third kappa shape index (κ3) is 2.79. The van der Waals surface area contributed by atoms with E-state index in [1.54, 1.807) is 0 Å². The Balaban J connectivity index is 2.15. The second-order valence-corrected chi connectivity index (χ2v) is 2.65. The second kappa shape index (κ2) is 4.60. The van der Waals surface area contributed by atoms with Crippen molar-refractivity contribution in [2.75, 3.05) is 19.0 Å². The molecule has 0 bridgehead atoms. The lowest BCUT2D eigenvalue weighted by Gasteiger charge is -1.98. The van der Waals surface area contributed by atoms with Gasteiger partial charge in [-0.25, -0.2) is 0 Å².